The molecule has 1 N–H and O–H groups in total. The monoisotopic (exact) mass is 413 g/mol. The zero-order chi connectivity index (χ0) is 20.8. The number of aryl methyl sites for hydroxylation is 1. The van der Waals surface area contributed by atoms with Crippen molar-refractivity contribution in [2.24, 2.45) is 0 Å². The van der Waals surface area contributed by atoms with Gasteiger partial charge in [-0.25, -0.2) is 0 Å². The summed E-state index contributed by atoms with van der Waals surface area (Å²) in [7, 11) is 2.00. The number of benzene rings is 2. The van der Waals surface area contributed by atoms with Crippen molar-refractivity contribution in [3.63, 3.8) is 0 Å². The number of likely N-dealkylation sites (N-methyl/N-ethyl adjacent to an activating group) is 1. The molecule has 29 heavy (non-hydrogen) atoms. The maximum Gasteiger partial charge on any atom is 0.119 e. The minimum atomic E-state index is -0.570. The minimum Gasteiger partial charge on any atom is -0.491 e. The predicted octanol–water partition coefficient (Wildman–Crippen LogP) is 4.07. The third kappa shape index (κ3) is 5.82. The summed E-state index contributed by atoms with van der Waals surface area (Å²) in [6.07, 6.45) is -0.570. The van der Waals surface area contributed by atoms with E-state index in [-0.39, 0.29) is 6.61 Å². The van der Waals surface area contributed by atoms with Crippen molar-refractivity contribution in [3.05, 3.63) is 82.1 Å². The summed E-state index contributed by atoms with van der Waals surface area (Å²) < 4.78 is 7.64. The molecule has 0 aliphatic heterocycles. The van der Waals surface area contributed by atoms with Gasteiger partial charge in [0.05, 0.1) is 12.2 Å². The van der Waals surface area contributed by atoms with Gasteiger partial charge in [0.25, 0.3) is 0 Å². The lowest BCUT2D eigenvalue weighted by atomic mass is 10.1. The van der Waals surface area contributed by atoms with Gasteiger partial charge in [0.2, 0.25) is 0 Å². The quantitative estimate of drug-likeness (QED) is 0.574. The fourth-order valence-corrected chi connectivity index (χ4v) is 3.56. The number of para-hydroxylation sites is 1. The highest BCUT2D eigenvalue weighted by molar-refractivity contribution is 6.31. The number of ether oxygens (including phenoxy) is 1. The molecule has 0 aliphatic rings. The molecule has 0 radical (unpaired) electrons. The number of aromatic nitrogens is 2. The molecule has 0 saturated carbocycles. The molecule has 0 aliphatic carbocycles. The molecule has 5 nitrogen and oxygen atoms in total. The second-order valence-electron chi connectivity index (χ2n) is 7.37. The van der Waals surface area contributed by atoms with Crippen molar-refractivity contribution in [3.8, 4) is 5.75 Å². The predicted molar refractivity (Wildman–Crippen MR) is 117 cm³/mol. The van der Waals surface area contributed by atoms with Crippen molar-refractivity contribution in [1.82, 2.24) is 14.7 Å². The Balaban J connectivity index is 1.58. The van der Waals surface area contributed by atoms with Crippen LogP contribution in [0.1, 0.15) is 22.5 Å². The van der Waals surface area contributed by atoms with Crippen molar-refractivity contribution < 1.29 is 9.84 Å². The van der Waals surface area contributed by atoms with E-state index in [2.05, 4.69) is 11.8 Å². The van der Waals surface area contributed by atoms with Crippen LogP contribution in [0.4, 0.5) is 0 Å². The number of hydrogen-bond donors (Lipinski definition) is 1. The summed E-state index contributed by atoms with van der Waals surface area (Å²) in [5.74, 6) is 0.766. The van der Waals surface area contributed by atoms with Crippen LogP contribution in [-0.4, -0.2) is 46.1 Å². The summed E-state index contributed by atoms with van der Waals surface area (Å²) >= 11 is 6.30. The van der Waals surface area contributed by atoms with Crippen LogP contribution in [0.15, 0.2) is 54.6 Å². The number of nitrogens with zero attached hydrogens (tertiary/aromatic N) is 3. The third-order valence-corrected chi connectivity index (χ3v) is 5.31. The highest BCUT2D eigenvalue weighted by Crippen LogP contribution is 2.20. The first-order chi connectivity index (χ1) is 13.9. The topological polar surface area (TPSA) is 50.5 Å². The van der Waals surface area contributed by atoms with E-state index < -0.39 is 6.10 Å². The van der Waals surface area contributed by atoms with E-state index in [1.807, 2.05) is 73.3 Å². The van der Waals surface area contributed by atoms with E-state index >= 15 is 0 Å². The van der Waals surface area contributed by atoms with E-state index in [0.29, 0.717) is 19.6 Å². The van der Waals surface area contributed by atoms with Gasteiger partial charge in [0.1, 0.15) is 18.5 Å². The van der Waals surface area contributed by atoms with E-state index in [4.69, 9.17) is 21.4 Å². The van der Waals surface area contributed by atoms with Crippen LogP contribution in [0.25, 0.3) is 0 Å². The molecule has 0 saturated heterocycles. The van der Waals surface area contributed by atoms with Gasteiger partial charge in [-0.2, -0.15) is 5.10 Å². The van der Waals surface area contributed by atoms with Crippen molar-refractivity contribution in [2.75, 3.05) is 20.2 Å². The molecule has 0 spiro atoms. The fraction of sp³-hybridized carbons (Fsp3) is 0.348. The molecule has 3 rings (SSSR count). The van der Waals surface area contributed by atoms with Gasteiger partial charge < -0.3 is 9.84 Å². The van der Waals surface area contributed by atoms with Gasteiger partial charge in [0.15, 0.2) is 0 Å². The van der Waals surface area contributed by atoms with Gasteiger partial charge in [-0.15, -0.1) is 0 Å². The van der Waals surface area contributed by atoms with Gasteiger partial charge in [-0.05, 0) is 44.7 Å². The van der Waals surface area contributed by atoms with E-state index in [0.717, 1.165) is 27.7 Å². The van der Waals surface area contributed by atoms with Gasteiger partial charge in [-0.1, -0.05) is 48.0 Å². The lowest BCUT2D eigenvalue weighted by molar-refractivity contribution is 0.0743. The van der Waals surface area contributed by atoms with E-state index in [1.165, 1.54) is 5.56 Å². The number of aliphatic hydroxyl groups is 1. The van der Waals surface area contributed by atoms with Crippen LogP contribution in [-0.2, 0) is 13.1 Å². The normalized spacial score (nSPS) is 12.3. The summed E-state index contributed by atoms with van der Waals surface area (Å²) in [5, 5.41) is 15.8. The summed E-state index contributed by atoms with van der Waals surface area (Å²) in [4.78, 5) is 2.09. The van der Waals surface area contributed by atoms with Crippen molar-refractivity contribution in [1.29, 1.82) is 0 Å². The molecule has 154 valence electrons. The second kappa shape index (κ2) is 9.92. The minimum absolute atomic E-state index is 0.262. The Bertz CT molecular complexity index is 927. The van der Waals surface area contributed by atoms with Crippen LogP contribution >= 0.6 is 11.6 Å². The highest BCUT2D eigenvalue weighted by Gasteiger charge is 2.16. The Morgan fingerprint density at radius 1 is 1.10 bits per heavy atom. The fourth-order valence-electron chi connectivity index (χ4n) is 3.36. The van der Waals surface area contributed by atoms with Crippen molar-refractivity contribution in [2.45, 2.75) is 33.0 Å². The molecule has 6 heteroatoms. The molecule has 2 aromatic carbocycles. The Labute approximate surface area is 177 Å². The largest absolute Gasteiger partial charge is 0.491 e. The maximum absolute atomic E-state index is 10.3. The van der Waals surface area contributed by atoms with Crippen LogP contribution in [0.5, 0.6) is 5.75 Å². The van der Waals surface area contributed by atoms with Gasteiger partial charge in [-0.3, -0.25) is 9.58 Å². The average molecular weight is 414 g/mol. The van der Waals surface area contributed by atoms with Crippen LogP contribution in [0.2, 0.25) is 5.02 Å². The Hall–Kier alpha value is -2.34. The first kappa shape index (κ1) is 21.4. The van der Waals surface area contributed by atoms with Gasteiger partial charge in [0, 0.05) is 29.4 Å². The smallest absolute Gasteiger partial charge is 0.119 e. The molecule has 1 atom stereocenters. The number of aliphatic hydroxyl groups excluding tert-OH is 1. The lowest BCUT2D eigenvalue weighted by Gasteiger charge is -2.21. The first-order valence-electron chi connectivity index (χ1n) is 9.74. The molecular weight excluding hydrogens is 386 g/mol. The van der Waals surface area contributed by atoms with Gasteiger partial charge >= 0.3 is 0 Å². The number of hydrogen-bond acceptors (Lipinski definition) is 4. The first-order valence-corrected chi connectivity index (χ1v) is 10.1. The van der Waals surface area contributed by atoms with Crippen LogP contribution in [0.3, 0.4) is 0 Å². The standard InChI is InChI=1S/C23H28ClN3O2/c1-17-22(18(2)27(25-17)13-19-9-7-8-12-23(19)24)15-26(3)14-20(28)16-29-21-10-5-4-6-11-21/h4-12,20,28H,13-16H2,1-3H3. The maximum atomic E-state index is 10.3. The zero-order valence-electron chi connectivity index (χ0n) is 17.2. The second-order valence-corrected chi connectivity index (χ2v) is 7.78. The summed E-state index contributed by atoms with van der Waals surface area (Å²) in [5.41, 5.74) is 4.34. The van der Waals surface area contributed by atoms with E-state index in [9.17, 15) is 5.11 Å². The van der Waals surface area contributed by atoms with Crippen LogP contribution in [0, 0.1) is 13.8 Å². The SMILES string of the molecule is Cc1nn(Cc2ccccc2Cl)c(C)c1CN(C)CC(O)COc1ccccc1. The molecule has 0 amide bonds. The van der Waals surface area contributed by atoms with Crippen molar-refractivity contribution >= 4 is 11.6 Å². The third-order valence-electron chi connectivity index (χ3n) is 4.95. The Morgan fingerprint density at radius 3 is 2.52 bits per heavy atom. The number of halogens is 1. The molecule has 0 fully saturated rings. The number of rotatable bonds is 9. The molecular formula is C23H28ClN3O2. The summed E-state index contributed by atoms with van der Waals surface area (Å²) in [6.45, 7) is 6.23. The van der Waals surface area contributed by atoms with E-state index in [1.54, 1.807) is 0 Å². The Morgan fingerprint density at radius 2 is 1.79 bits per heavy atom. The zero-order valence-corrected chi connectivity index (χ0v) is 17.9. The molecule has 1 heterocycles. The van der Waals surface area contributed by atoms with Crippen LogP contribution < -0.4 is 4.74 Å². The average Bonchev–Trinajstić information content (AvgIpc) is 2.96. The highest BCUT2D eigenvalue weighted by atomic mass is 35.5. The summed E-state index contributed by atoms with van der Waals surface area (Å²) in [6, 6.07) is 17.4. The Kier molecular flexibility index (Phi) is 7.31. The molecule has 1 aromatic heterocycles. The molecule has 1 unspecified atom stereocenters. The lowest BCUT2D eigenvalue weighted by Crippen LogP contribution is -2.33. The molecule has 3 aromatic rings. The molecule has 0 bridgehead atoms.